The Kier molecular flexibility index (Phi) is 1.91. The molecule has 0 saturated heterocycles. The SMILES string of the molecule is COC(=O)C12C=CC(O1)c1c(Cl)cccc12. The van der Waals surface area contributed by atoms with Crippen LogP contribution in [0, 0.1) is 0 Å². The number of esters is 1. The molecule has 2 unspecified atom stereocenters. The Morgan fingerprint density at radius 1 is 1.56 bits per heavy atom. The van der Waals surface area contributed by atoms with E-state index in [-0.39, 0.29) is 6.10 Å². The van der Waals surface area contributed by atoms with Gasteiger partial charge in [0.15, 0.2) is 0 Å². The van der Waals surface area contributed by atoms with Crippen LogP contribution in [-0.4, -0.2) is 13.1 Å². The zero-order valence-corrected chi connectivity index (χ0v) is 9.32. The van der Waals surface area contributed by atoms with Crippen molar-refractivity contribution < 1.29 is 14.3 Å². The van der Waals surface area contributed by atoms with E-state index in [2.05, 4.69) is 0 Å². The molecule has 2 aliphatic heterocycles. The molecule has 3 nitrogen and oxygen atoms in total. The van der Waals surface area contributed by atoms with Gasteiger partial charge in [0, 0.05) is 16.1 Å². The van der Waals surface area contributed by atoms with Crippen molar-refractivity contribution in [3.05, 3.63) is 46.5 Å². The third-order valence-corrected chi connectivity index (χ3v) is 3.37. The van der Waals surface area contributed by atoms with Crippen molar-refractivity contribution in [2.45, 2.75) is 11.7 Å². The van der Waals surface area contributed by atoms with Crippen LogP contribution in [0.15, 0.2) is 30.4 Å². The second kappa shape index (κ2) is 3.09. The van der Waals surface area contributed by atoms with Gasteiger partial charge in [0.2, 0.25) is 5.60 Å². The molecule has 2 aliphatic rings. The molecule has 0 radical (unpaired) electrons. The summed E-state index contributed by atoms with van der Waals surface area (Å²) in [5, 5.41) is 0.623. The van der Waals surface area contributed by atoms with Crippen LogP contribution < -0.4 is 0 Å². The summed E-state index contributed by atoms with van der Waals surface area (Å²) in [6.45, 7) is 0. The van der Waals surface area contributed by atoms with Gasteiger partial charge in [-0.05, 0) is 12.1 Å². The highest BCUT2D eigenvalue weighted by molar-refractivity contribution is 6.31. The van der Waals surface area contributed by atoms with Gasteiger partial charge in [0.25, 0.3) is 0 Å². The summed E-state index contributed by atoms with van der Waals surface area (Å²) in [5.74, 6) is -0.410. The second-order valence-electron chi connectivity index (χ2n) is 3.83. The zero-order chi connectivity index (χ0) is 11.3. The van der Waals surface area contributed by atoms with E-state index in [0.29, 0.717) is 5.02 Å². The summed E-state index contributed by atoms with van der Waals surface area (Å²) in [5.41, 5.74) is 0.580. The van der Waals surface area contributed by atoms with Gasteiger partial charge < -0.3 is 9.47 Å². The minimum Gasteiger partial charge on any atom is -0.466 e. The lowest BCUT2D eigenvalue weighted by Gasteiger charge is -2.20. The molecule has 1 aromatic carbocycles. The first-order valence-corrected chi connectivity index (χ1v) is 5.31. The van der Waals surface area contributed by atoms with Gasteiger partial charge in [-0.15, -0.1) is 0 Å². The fraction of sp³-hybridized carbons (Fsp3) is 0.250. The molecular weight excluding hydrogens is 228 g/mol. The molecule has 0 aromatic heterocycles. The summed E-state index contributed by atoms with van der Waals surface area (Å²) in [4.78, 5) is 11.8. The van der Waals surface area contributed by atoms with Crippen LogP contribution in [0.3, 0.4) is 0 Å². The number of halogens is 1. The van der Waals surface area contributed by atoms with Crippen molar-refractivity contribution in [2.24, 2.45) is 0 Å². The van der Waals surface area contributed by atoms with E-state index in [9.17, 15) is 4.79 Å². The number of carbonyl (C=O) groups excluding carboxylic acids is 1. The van der Waals surface area contributed by atoms with Crippen LogP contribution >= 0.6 is 11.6 Å². The highest BCUT2D eigenvalue weighted by Crippen LogP contribution is 2.52. The Hall–Kier alpha value is -1.32. The van der Waals surface area contributed by atoms with E-state index in [0.717, 1.165) is 11.1 Å². The quantitative estimate of drug-likeness (QED) is 0.555. The van der Waals surface area contributed by atoms with Crippen LogP contribution in [0.5, 0.6) is 0 Å². The molecule has 0 spiro atoms. The second-order valence-corrected chi connectivity index (χ2v) is 4.23. The predicted molar refractivity (Wildman–Crippen MR) is 58.1 cm³/mol. The number of ether oxygens (including phenoxy) is 2. The molecule has 2 atom stereocenters. The number of rotatable bonds is 1. The average molecular weight is 237 g/mol. The van der Waals surface area contributed by atoms with E-state index < -0.39 is 11.6 Å². The standard InChI is InChI=1S/C12H9ClO3/c1-15-11(14)12-6-5-9(16-12)10-7(12)3-2-4-8(10)13/h2-6,9H,1H3. The van der Waals surface area contributed by atoms with Gasteiger partial charge in [-0.3, -0.25) is 0 Å². The molecule has 3 rings (SSSR count). The maximum absolute atomic E-state index is 11.8. The third kappa shape index (κ3) is 0.996. The lowest BCUT2D eigenvalue weighted by Crippen LogP contribution is -2.33. The maximum atomic E-state index is 11.8. The van der Waals surface area contributed by atoms with Gasteiger partial charge >= 0.3 is 5.97 Å². The van der Waals surface area contributed by atoms with Crippen molar-refractivity contribution in [2.75, 3.05) is 7.11 Å². The number of methoxy groups -OCH3 is 1. The minimum absolute atomic E-state index is 0.234. The van der Waals surface area contributed by atoms with Crippen LogP contribution in [0.1, 0.15) is 17.2 Å². The van der Waals surface area contributed by atoms with Crippen molar-refractivity contribution in [3.63, 3.8) is 0 Å². The molecule has 82 valence electrons. The smallest absolute Gasteiger partial charge is 0.347 e. The van der Waals surface area contributed by atoms with Crippen molar-refractivity contribution in [3.8, 4) is 0 Å². The Bertz CT molecular complexity index is 509. The first-order chi connectivity index (χ1) is 7.69. The molecule has 0 saturated carbocycles. The van der Waals surface area contributed by atoms with E-state index >= 15 is 0 Å². The summed E-state index contributed by atoms with van der Waals surface area (Å²) >= 11 is 6.11. The first-order valence-electron chi connectivity index (χ1n) is 4.93. The van der Waals surface area contributed by atoms with Gasteiger partial charge in [-0.2, -0.15) is 0 Å². The molecule has 0 fully saturated rings. The Labute approximate surface area is 97.6 Å². The van der Waals surface area contributed by atoms with Gasteiger partial charge in [-0.1, -0.05) is 29.8 Å². The van der Waals surface area contributed by atoms with Gasteiger partial charge in [0.1, 0.15) is 6.10 Å². The van der Waals surface area contributed by atoms with Crippen molar-refractivity contribution in [1.82, 2.24) is 0 Å². The van der Waals surface area contributed by atoms with Crippen LogP contribution in [0.4, 0.5) is 0 Å². The molecular formula is C12H9ClO3. The lowest BCUT2D eigenvalue weighted by molar-refractivity contribution is -0.162. The molecule has 0 N–H and O–H groups in total. The Morgan fingerprint density at radius 2 is 2.38 bits per heavy atom. The van der Waals surface area contributed by atoms with Crippen molar-refractivity contribution >= 4 is 17.6 Å². The summed E-state index contributed by atoms with van der Waals surface area (Å²) in [7, 11) is 1.35. The van der Waals surface area contributed by atoms with Gasteiger partial charge in [-0.25, -0.2) is 4.79 Å². The lowest BCUT2D eigenvalue weighted by atomic mass is 9.87. The largest absolute Gasteiger partial charge is 0.466 e. The third-order valence-electron chi connectivity index (χ3n) is 3.04. The highest BCUT2D eigenvalue weighted by atomic mass is 35.5. The number of benzene rings is 1. The minimum atomic E-state index is -1.08. The van der Waals surface area contributed by atoms with Crippen LogP contribution in [0.25, 0.3) is 0 Å². The number of carbonyl (C=O) groups is 1. The summed E-state index contributed by atoms with van der Waals surface area (Å²) in [6.07, 6.45) is 3.34. The van der Waals surface area contributed by atoms with Gasteiger partial charge in [0.05, 0.1) is 7.11 Å². The fourth-order valence-corrected chi connectivity index (χ4v) is 2.62. The average Bonchev–Trinajstić information content (AvgIpc) is 2.86. The molecule has 1 aromatic rings. The highest BCUT2D eigenvalue weighted by Gasteiger charge is 2.53. The molecule has 2 bridgehead atoms. The predicted octanol–water partition coefficient (Wildman–Crippen LogP) is 2.35. The number of fused-ring (bicyclic) bond motifs is 5. The maximum Gasteiger partial charge on any atom is 0.347 e. The van der Waals surface area contributed by atoms with E-state index in [1.54, 1.807) is 12.1 Å². The monoisotopic (exact) mass is 236 g/mol. The van der Waals surface area contributed by atoms with E-state index in [4.69, 9.17) is 21.1 Å². The van der Waals surface area contributed by atoms with Crippen LogP contribution in [-0.2, 0) is 19.9 Å². The van der Waals surface area contributed by atoms with Crippen molar-refractivity contribution in [1.29, 1.82) is 0 Å². The summed E-state index contributed by atoms with van der Waals surface area (Å²) in [6, 6.07) is 5.45. The molecule has 2 heterocycles. The normalized spacial score (nSPS) is 29.2. The molecule has 4 heteroatoms. The zero-order valence-electron chi connectivity index (χ0n) is 8.57. The Balaban J connectivity index is 2.24. The topological polar surface area (TPSA) is 35.5 Å². The number of hydrogen-bond donors (Lipinski definition) is 0. The molecule has 16 heavy (non-hydrogen) atoms. The molecule has 0 amide bonds. The van der Waals surface area contributed by atoms with E-state index in [1.165, 1.54) is 7.11 Å². The fourth-order valence-electron chi connectivity index (χ4n) is 2.34. The molecule has 0 aliphatic carbocycles. The first kappa shape index (κ1) is 9.87. The van der Waals surface area contributed by atoms with Crippen LogP contribution in [0.2, 0.25) is 5.02 Å². The number of hydrogen-bond acceptors (Lipinski definition) is 3. The Morgan fingerprint density at radius 3 is 3.12 bits per heavy atom. The van der Waals surface area contributed by atoms with E-state index in [1.807, 2.05) is 18.2 Å². The summed E-state index contributed by atoms with van der Waals surface area (Å²) < 4.78 is 10.5.